The summed E-state index contributed by atoms with van der Waals surface area (Å²) in [6.07, 6.45) is 8.32. The number of H-pyrrole nitrogens is 1. The largest absolute Gasteiger partial charge is 0.362 e. The van der Waals surface area contributed by atoms with E-state index in [9.17, 15) is 0 Å². The molecular weight excluding hydrogens is 461 g/mol. The lowest BCUT2D eigenvalue weighted by atomic mass is 9.62. The molecule has 3 aliphatic rings. The lowest BCUT2D eigenvalue weighted by Crippen LogP contribution is -2.41. The number of aromatic amines is 1. The number of para-hydroxylation sites is 1. The summed E-state index contributed by atoms with van der Waals surface area (Å²) in [5, 5.41) is 5.39. The molecule has 37 heavy (non-hydrogen) atoms. The summed E-state index contributed by atoms with van der Waals surface area (Å²) in [6, 6.07) is 12.6. The molecule has 0 fully saturated rings. The van der Waals surface area contributed by atoms with Gasteiger partial charge in [0.05, 0.1) is 33.7 Å². The first-order valence-electron chi connectivity index (χ1n) is 13.2. The van der Waals surface area contributed by atoms with Gasteiger partial charge in [0, 0.05) is 42.8 Å². The van der Waals surface area contributed by atoms with Crippen molar-refractivity contribution in [2.45, 2.75) is 70.8 Å². The minimum absolute atomic E-state index is 0.255. The number of allylic oxidation sites excluding steroid dienone is 2. The van der Waals surface area contributed by atoms with Gasteiger partial charge in [-0.25, -0.2) is 9.07 Å². The molecule has 0 saturated carbocycles. The van der Waals surface area contributed by atoms with E-state index in [1.165, 1.54) is 22.4 Å². The fourth-order valence-corrected chi connectivity index (χ4v) is 7.04. The molecule has 0 saturated heterocycles. The van der Waals surface area contributed by atoms with Crippen LogP contribution in [0, 0.1) is 0 Å². The quantitative estimate of drug-likeness (QED) is 0.364. The summed E-state index contributed by atoms with van der Waals surface area (Å²) in [4.78, 5) is 9.92. The van der Waals surface area contributed by atoms with Crippen LogP contribution in [0.1, 0.15) is 79.5 Å². The van der Waals surface area contributed by atoms with Crippen LogP contribution in [0.3, 0.4) is 0 Å². The van der Waals surface area contributed by atoms with E-state index < -0.39 is 11.1 Å². The van der Waals surface area contributed by atoms with Crippen LogP contribution >= 0.6 is 0 Å². The van der Waals surface area contributed by atoms with Gasteiger partial charge in [-0.2, -0.15) is 5.10 Å². The Labute approximate surface area is 217 Å². The first-order chi connectivity index (χ1) is 17.7. The number of nitrogens with one attached hydrogen (secondary N) is 1. The molecule has 0 amide bonds. The van der Waals surface area contributed by atoms with Gasteiger partial charge in [0.2, 0.25) is 0 Å². The second kappa shape index (κ2) is 7.29. The number of nitrogens with zero attached hydrogens (tertiary/aromatic N) is 4. The maximum absolute atomic E-state index is 16.2. The van der Waals surface area contributed by atoms with Crippen molar-refractivity contribution < 1.29 is 4.39 Å². The van der Waals surface area contributed by atoms with E-state index in [0.29, 0.717) is 5.69 Å². The van der Waals surface area contributed by atoms with E-state index >= 15 is 4.39 Å². The summed E-state index contributed by atoms with van der Waals surface area (Å²) in [7, 11) is 0. The molecule has 6 heteroatoms. The molecule has 4 aromatic rings. The lowest BCUT2D eigenvalue weighted by molar-refractivity contribution is 0.122. The van der Waals surface area contributed by atoms with E-state index in [2.05, 4.69) is 83.6 Å². The number of aryl methyl sites for hydroxylation is 1. The van der Waals surface area contributed by atoms with Gasteiger partial charge in [-0.05, 0) is 80.7 Å². The average Bonchev–Trinajstić information content (AvgIpc) is 3.58. The van der Waals surface area contributed by atoms with Crippen molar-refractivity contribution in [3.63, 3.8) is 0 Å². The molecule has 1 aromatic carbocycles. The highest BCUT2D eigenvalue weighted by atomic mass is 19.1. The van der Waals surface area contributed by atoms with Crippen LogP contribution < -0.4 is 0 Å². The van der Waals surface area contributed by atoms with Gasteiger partial charge in [-0.3, -0.25) is 9.88 Å². The Morgan fingerprint density at radius 3 is 2.59 bits per heavy atom. The Morgan fingerprint density at radius 1 is 1.05 bits per heavy atom. The summed E-state index contributed by atoms with van der Waals surface area (Å²) in [6.45, 7) is 12.2. The van der Waals surface area contributed by atoms with Gasteiger partial charge in [0.25, 0.3) is 0 Å². The number of hydrogen-bond acceptors (Lipinski definition) is 3. The predicted octanol–water partition coefficient (Wildman–Crippen LogP) is 6.31. The van der Waals surface area contributed by atoms with Crippen molar-refractivity contribution in [3.05, 3.63) is 106 Å². The highest BCUT2D eigenvalue weighted by Gasteiger charge is 2.54. The molecular formula is C31H32FN5. The third kappa shape index (κ3) is 2.82. The predicted molar refractivity (Wildman–Crippen MR) is 143 cm³/mol. The van der Waals surface area contributed by atoms with Gasteiger partial charge in [0.15, 0.2) is 5.67 Å². The fraction of sp³-hybridized carbons (Fsp3) is 0.355. The zero-order valence-corrected chi connectivity index (χ0v) is 22.1. The standard InChI is InChI=1S/C31H32FN5/c1-6-20-8-7-9-21-24-16-30(4,32)27-23(12-15-34-27)31(24,5)28-22-18-36(17-19-10-13-33-14-11-19)29(2,3)26(22)35-37(28)25(20)21/h7-16,34H,6,17-18H2,1-5H3. The van der Waals surface area contributed by atoms with Crippen LogP contribution in [0.5, 0.6) is 0 Å². The molecule has 0 spiro atoms. The Bertz CT molecular complexity index is 1590. The minimum atomic E-state index is -1.58. The number of fused-ring (bicyclic) bond motifs is 10. The molecule has 188 valence electrons. The molecule has 0 bridgehead atoms. The van der Waals surface area contributed by atoms with Crippen molar-refractivity contribution in [1.82, 2.24) is 24.6 Å². The van der Waals surface area contributed by atoms with Crippen LogP contribution in [-0.4, -0.2) is 24.6 Å². The molecule has 7 rings (SSSR count). The van der Waals surface area contributed by atoms with Crippen LogP contribution in [0.25, 0.3) is 11.3 Å². The zero-order valence-electron chi connectivity index (χ0n) is 22.1. The molecule has 2 unspecified atom stereocenters. The van der Waals surface area contributed by atoms with Crippen molar-refractivity contribution in [2.75, 3.05) is 0 Å². The van der Waals surface area contributed by atoms with Crippen molar-refractivity contribution in [2.24, 2.45) is 0 Å². The number of halogens is 1. The summed E-state index contributed by atoms with van der Waals surface area (Å²) in [5.74, 6) is 0. The van der Waals surface area contributed by atoms with Gasteiger partial charge in [-0.15, -0.1) is 0 Å². The normalized spacial score (nSPS) is 25.1. The monoisotopic (exact) mass is 493 g/mol. The maximum atomic E-state index is 16.2. The molecule has 5 heterocycles. The van der Waals surface area contributed by atoms with E-state index in [0.717, 1.165) is 47.6 Å². The van der Waals surface area contributed by atoms with Crippen molar-refractivity contribution in [3.8, 4) is 5.69 Å². The molecule has 2 atom stereocenters. The smallest absolute Gasteiger partial charge is 0.166 e. The van der Waals surface area contributed by atoms with E-state index in [1.807, 2.05) is 24.7 Å². The summed E-state index contributed by atoms with van der Waals surface area (Å²) in [5.41, 5.74) is 8.51. The Kier molecular flexibility index (Phi) is 4.46. The third-order valence-corrected chi connectivity index (χ3v) is 9.03. The number of pyridine rings is 1. The number of hydrogen-bond donors (Lipinski definition) is 1. The van der Waals surface area contributed by atoms with Gasteiger partial charge in [-0.1, -0.05) is 25.1 Å². The molecule has 5 nitrogen and oxygen atoms in total. The Balaban J connectivity index is 1.51. The molecule has 1 N–H and O–H groups in total. The van der Waals surface area contributed by atoms with E-state index in [-0.39, 0.29) is 5.54 Å². The summed E-state index contributed by atoms with van der Waals surface area (Å²) >= 11 is 0. The average molecular weight is 494 g/mol. The number of alkyl halides is 1. The molecule has 2 aliphatic heterocycles. The SMILES string of the molecule is CCc1cccc2c1-n1nc3c(c1C1(C)C2=CC(C)(F)c2[nH]ccc21)CN(Cc1ccncc1)C3(C)C. The molecule has 3 aromatic heterocycles. The first kappa shape index (κ1) is 22.7. The first-order valence-corrected chi connectivity index (χ1v) is 13.2. The zero-order chi connectivity index (χ0) is 25.7. The highest BCUT2D eigenvalue weighted by molar-refractivity contribution is 5.89. The topological polar surface area (TPSA) is 49.7 Å². The van der Waals surface area contributed by atoms with Crippen LogP contribution in [0.4, 0.5) is 4.39 Å². The second-order valence-electron chi connectivity index (χ2n) is 11.5. The van der Waals surface area contributed by atoms with Crippen LogP contribution in [0.15, 0.2) is 61.1 Å². The second-order valence-corrected chi connectivity index (χ2v) is 11.5. The van der Waals surface area contributed by atoms with Crippen LogP contribution in [-0.2, 0) is 36.1 Å². The number of benzene rings is 1. The van der Waals surface area contributed by atoms with Crippen LogP contribution in [0.2, 0.25) is 0 Å². The fourth-order valence-electron chi connectivity index (χ4n) is 7.04. The highest BCUT2D eigenvalue weighted by Crippen LogP contribution is 2.59. The Morgan fingerprint density at radius 2 is 1.84 bits per heavy atom. The van der Waals surface area contributed by atoms with Gasteiger partial charge >= 0.3 is 0 Å². The van der Waals surface area contributed by atoms with Gasteiger partial charge in [0.1, 0.15) is 0 Å². The Hall–Kier alpha value is -3.51. The van der Waals surface area contributed by atoms with Crippen molar-refractivity contribution in [1.29, 1.82) is 0 Å². The number of rotatable bonds is 3. The molecule has 0 radical (unpaired) electrons. The van der Waals surface area contributed by atoms with Gasteiger partial charge < -0.3 is 4.98 Å². The van der Waals surface area contributed by atoms with E-state index in [1.54, 1.807) is 6.92 Å². The molecule has 1 aliphatic carbocycles. The van der Waals surface area contributed by atoms with Crippen molar-refractivity contribution >= 4 is 5.57 Å². The summed E-state index contributed by atoms with van der Waals surface area (Å²) < 4.78 is 18.4. The van der Waals surface area contributed by atoms with E-state index in [4.69, 9.17) is 5.10 Å². The minimum Gasteiger partial charge on any atom is -0.362 e. The third-order valence-electron chi connectivity index (χ3n) is 9.03. The number of aromatic nitrogens is 4. The maximum Gasteiger partial charge on any atom is 0.166 e. The lowest BCUT2D eigenvalue weighted by Gasteiger charge is -2.44.